The standard InChI is InChI=1S/C19H24N2/c1-15-7-3-4-9-17(15)14-21(2)19-10-6-5-8-16(19)13-20-18-11-12-18/h3-10,18,20H,11-14H2,1-2H3. The fourth-order valence-corrected chi connectivity index (χ4v) is 2.70. The predicted octanol–water partition coefficient (Wildman–Crippen LogP) is 3.88. The average molecular weight is 280 g/mol. The first-order valence-corrected chi connectivity index (χ1v) is 7.81. The van der Waals surface area contributed by atoms with Gasteiger partial charge in [-0.25, -0.2) is 0 Å². The van der Waals surface area contributed by atoms with Crippen LogP contribution < -0.4 is 10.2 Å². The molecule has 0 radical (unpaired) electrons. The van der Waals surface area contributed by atoms with Gasteiger partial charge in [0.1, 0.15) is 0 Å². The second kappa shape index (κ2) is 6.31. The molecule has 2 heteroatoms. The zero-order valence-corrected chi connectivity index (χ0v) is 13.0. The van der Waals surface area contributed by atoms with Crippen LogP contribution in [0.15, 0.2) is 48.5 Å². The van der Waals surface area contributed by atoms with Gasteiger partial charge in [0.2, 0.25) is 0 Å². The van der Waals surface area contributed by atoms with Crippen molar-refractivity contribution in [3.63, 3.8) is 0 Å². The van der Waals surface area contributed by atoms with Crippen molar-refractivity contribution in [2.75, 3.05) is 11.9 Å². The first-order chi connectivity index (χ1) is 10.2. The topological polar surface area (TPSA) is 15.3 Å². The molecule has 1 aliphatic carbocycles. The van der Waals surface area contributed by atoms with Crippen LogP contribution in [0, 0.1) is 6.92 Å². The molecule has 21 heavy (non-hydrogen) atoms. The van der Waals surface area contributed by atoms with Gasteiger partial charge in [-0.1, -0.05) is 42.5 Å². The Labute approximate surface area is 127 Å². The van der Waals surface area contributed by atoms with Crippen molar-refractivity contribution in [1.29, 1.82) is 0 Å². The summed E-state index contributed by atoms with van der Waals surface area (Å²) < 4.78 is 0. The summed E-state index contributed by atoms with van der Waals surface area (Å²) >= 11 is 0. The van der Waals surface area contributed by atoms with E-state index in [2.05, 4.69) is 72.7 Å². The molecule has 0 saturated heterocycles. The minimum atomic E-state index is 0.750. The lowest BCUT2D eigenvalue weighted by molar-refractivity contribution is 0.685. The van der Waals surface area contributed by atoms with Gasteiger partial charge in [-0.2, -0.15) is 0 Å². The summed E-state index contributed by atoms with van der Waals surface area (Å²) in [6, 6.07) is 18.1. The Morgan fingerprint density at radius 1 is 1.00 bits per heavy atom. The molecule has 1 aliphatic rings. The van der Waals surface area contributed by atoms with E-state index >= 15 is 0 Å². The van der Waals surface area contributed by atoms with E-state index < -0.39 is 0 Å². The summed E-state index contributed by atoms with van der Waals surface area (Å²) in [5.41, 5.74) is 5.47. The zero-order valence-electron chi connectivity index (χ0n) is 13.0. The molecule has 2 aromatic carbocycles. The van der Waals surface area contributed by atoms with Crippen LogP contribution in [0.4, 0.5) is 5.69 Å². The minimum absolute atomic E-state index is 0.750. The van der Waals surface area contributed by atoms with E-state index in [0.29, 0.717) is 0 Å². The molecular weight excluding hydrogens is 256 g/mol. The lowest BCUT2D eigenvalue weighted by Gasteiger charge is -2.23. The molecule has 1 saturated carbocycles. The fourth-order valence-electron chi connectivity index (χ4n) is 2.70. The highest BCUT2D eigenvalue weighted by Crippen LogP contribution is 2.24. The Morgan fingerprint density at radius 3 is 2.38 bits per heavy atom. The molecule has 0 atom stereocenters. The van der Waals surface area contributed by atoms with Crippen LogP contribution in [0.25, 0.3) is 0 Å². The number of aryl methyl sites for hydroxylation is 1. The molecule has 3 rings (SSSR count). The molecule has 0 spiro atoms. The van der Waals surface area contributed by atoms with Crippen molar-refractivity contribution in [1.82, 2.24) is 5.32 Å². The molecule has 0 aliphatic heterocycles. The van der Waals surface area contributed by atoms with Crippen LogP contribution in [-0.4, -0.2) is 13.1 Å². The summed E-state index contributed by atoms with van der Waals surface area (Å²) in [7, 11) is 2.18. The van der Waals surface area contributed by atoms with E-state index in [1.165, 1.54) is 35.2 Å². The number of para-hydroxylation sites is 1. The third kappa shape index (κ3) is 3.64. The van der Waals surface area contributed by atoms with E-state index in [1.807, 2.05) is 0 Å². The van der Waals surface area contributed by atoms with Crippen LogP contribution in [0.3, 0.4) is 0 Å². The maximum Gasteiger partial charge on any atom is 0.0428 e. The lowest BCUT2D eigenvalue weighted by Crippen LogP contribution is -2.21. The van der Waals surface area contributed by atoms with Gasteiger partial charge >= 0.3 is 0 Å². The monoisotopic (exact) mass is 280 g/mol. The summed E-state index contributed by atoms with van der Waals surface area (Å²) in [5, 5.41) is 3.62. The highest BCUT2D eigenvalue weighted by atomic mass is 15.1. The van der Waals surface area contributed by atoms with Crippen molar-refractivity contribution in [3.8, 4) is 0 Å². The van der Waals surface area contributed by atoms with Gasteiger partial charge in [-0.15, -0.1) is 0 Å². The zero-order chi connectivity index (χ0) is 14.7. The van der Waals surface area contributed by atoms with Gasteiger partial charge in [-0.05, 0) is 42.5 Å². The van der Waals surface area contributed by atoms with Crippen LogP contribution >= 0.6 is 0 Å². The van der Waals surface area contributed by atoms with Crippen LogP contribution in [0.5, 0.6) is 0 Å². The van der Waals surface area contributed by atoms with Gasteiger partial charge < -0.3 is 10.2 Å². The van der Waals surface area contributed by atoms with Crippen molar-refractivity contribution in [2.45, 2.75) is 38.9 Å². The minimum Gasteiger partial charge on any atom is -0.370 e. The third-order valence-corrected chi connectivity index (χ3v) is 4.23. The van der Waals surface area contributed by atoms with Crippen molar-refractivity contribution < 1.29 is 0 Å². The predicted molar refractivity (Wildman–Crippen MR) is 89.6 cm³/mol. The van der Waals surface area contributed by atoms with E-state index in [4.69, 9.17) is 0 Å². The van der Waals surface area contributed by atoms with E-state index in [9.17, 15) is 0 Å². The third-order valence-electron chi connectivity index (χ3n) is 4.23. The number of hydrogen-bond acceptors (Lipinski definition) is 2. The SMILES string of the molecule is Cc1ccccc1CN(C)c1ccccc1CNC1CC1. The van der Waals surface area contributed by atoms with Gasteiger partial charge in [0.25, 0.3) is 0 Å². The average Bonchev–Trinajstić information content (AvgIpc) is 3.32. The summed E-state index contributed by atoms with van der Waals surface area (Å²) in [5.74, 6) is 0. The largest absolute Gasteiger partial charge is 0.370 e. The molecule has 110 valence electrons. The second-order valence-electron chi connectivity index (χ2n) is 6.07. The number of nitrogens with zero attached hydrogens (tertiary/aromatic N) is 1. The summed E-state index contributed by atoms with van der Waals surface area (Å²) in [6.45, 7) is 4.11. The Morgan fingerprint density at radius 2 is 1.67 bits per heavy atom. The fraction of sp³-hybridized carbons (Fsp3) is 0.368. The molecule has 0 amide bonds. The van der Waals surface area contributed by atoms with Gasteiger partial charge in [-0.3, -0.25) is 0 Å². The molecule has 0 unspecified atom stereocenters. The van der Waals surface area contributed by atoms with Crippen LogP contribution in [0.2, 0.25) is 0 Å². The van der Waals surface area contributed by atoms with Crippen LogP contribution in [0.1, 0.15) is 29.5 Å². The maximum atomic E-state index is 3.62. The summed E-state index contributed by atoms with van der Waals surface area (Å²) in [4.78, 5) is 2.35. The van der Waals surface area contributed by atoms with Gasteiger partial charge in [0, 0.05) is 31.9 Å². The molecule has 2 aromatic rings. The Kier molecular flexibility index (Phi) is 4.26. The van der Waals surface area contributed by atoms with Gasteiger partial charge in [0.15, 0.2) is 0 Å². The molecule has 2 nitrogen and oxygen atoms in total. The molecule has 0 aromatic heterocycles. The number of benzene rings is 2. The first-order valence-electron chi connectivity index (χ1n) is 7.81. The Bertz CT molecular complexity index is 602. The summed E-state index contributed by atoms with van der Waals surface area (Å²) in [6.07, 6.45) is 2.67. The first kappa shape index (κ1) is 14.2. The maximum absolute atomic E-state index is 3.62. The highest BCUT2D eigenvalue weighted by molar-refractivity contribution is 5.53. The molecule has 1 N–H and O–H groups in total. The van der Waals surface area contributed by atoms with Crippen LogP contribution in [-0.2, 0) is 13.1 Å². The van der Waals surface area contributed by atoms with E-state index in [-0.39, 0.29) is 0 Å². The van der Waals surface area contributed by atoms with E-state index in [0.717, 1.165) is 19.1 Å². The normalized spacial score (nSPS) is 14.2. The number of rotatable bonds is 6. The van der Waals surface area contributed by atoms with Crippen molar-refractivity contribution in [3.05, 3.63) is 65.2 Å². The van der Waals surface area contributed by atoms with E-state index in [1.54, 1.807) is 0 Å². The number of nitrogens with one attached hydrogen (secondary N) is 1. The number of anilines is 1. The Balaban J connectivity index is 1.74. The lowest BCUT2D eigenvalue weighted by atomic mass is 10.1. The molecular formula is C19H24N2. The van der Waals surface area contributed by atoms with Gasteiger partial charge in [0.05, 0.1) is 0 Å². The van der Waals surface area contributed by atoms with Crippen molar-refractivity contribution in [2.24, 2.45) is 0 Å². The quantitative estimate of drug-likeness (QED) is 0.863. The molecule has 1 fully saturated rings. The molecule has 0 bridgehead atoms. The number of hydrogen-bond donors (Lipinski definition) is 1. The molecule has 0 heterocycles. The Hall–Kier alpha value is -1.80. The van der Waals surface area contributed by atoms with Crippen molar-refractivity contribution >= 4 is 5.69 Å². The highest BCUT2D eigenvalue weighted by Gasteiger charge is 2.20. The smallest absolute Gasteiger partial charge is 0.0428 e. The second-order valence-corrected chi connectivity index (χ2v) is 6.07.